The fraction of sp³-hybridized carbons (Fsp3) is 0.143. The predicted molar refractivity (Wildman–Crippen MR) is 108 cm³/mol. The van der Waals surface area contributed by atoms with Crippen LogP contribution in [0.4, 0.5) is 10.1 Å². The van der Waals surface area contributed by atoms with Gasteiger partial charge in [-0.15, -0.1) is 0 Å². The predicted octanol–water partition coefficient (Wildman–Crippen LogP) is 3.69. The molecule has 0 unspecified atom stereocenters. The molecular weight excluding hydrogens is 377 g/mol. The van der Waals surface area contributed by atoms with Crippen molar-refractivity contribution in [3.63, 3.8) is 0 Å². The minimum atomic E-state index is -0.848. The standard InChI is InChI=1S/C21H20FN3O4/c22-16-11-14(4-8-20(16)26)24-12-17(23)19-6-3-13-10-15(5-7-18(13)25-19)29-9-1-2-21(27)28/h3-8,10-12,24,26H,1-2,9,23H2,(H,27,28)/b17-12-. The van der Waals surface area contributed by atoms with Gasteiger partial charge in [-0.1, -0.05) is 6.07 Å². The lowest BCUT2D eigenvalue weighted by atomic mass is 10.1. The molecular formula is C21H20FN3O4. The van der Waals surface area contributed by atoms with E-state index in [1.807, 2.05) is 12.1 Å². The molecule has 0 aliphatic carbocycles. The highest BCUT2D eigenvalue weighted by Crippen LogP contribution is 2.22. The molecule has 0 saturated carbocycles. The highest BCUT2D eigenvalue weighted by atomic mass is 19.1. The normalized spacial score (nSPS) is 11.4. The molecule has 0 fully saturated rings. The SMILES string of the molecule is N/C(=C\Nc1ccc(O)c(F)c1)c1ccc2cc(OCCCC(=O)O)ccc2n1. The quantitative estimate of drug-likeness (QED) is 0.338. The van der Waals surface area contributed by atoms with E-state index in [9.17, 15) is 14.3 Å². The number of fused-ring (bicyclic) bond motifs is 1. The summed E-state index contributed by atoms with van der Waals surface area (Å²) in [5, 5.41) is 21.6. The summed E-state index contributed by atoms with van der Waals surface area (Å²) in [6.07, 6.45) is 2.00. The van der Waals surface area contributed by atoms with Crippen LogP contribution in [0.2, 0.25) is 0 Å². The average molecular weight is 397 g/mol. The number of nitrogens with one attached hydrogen (secondary N) is 1. The molecule has 150 valence electrons. The molecule has 2 aromatic carbocycles. The van der Waals surface area contributed by atoms with Gasteiger partial charge in [0.25, 0.3) is 0 Å². The second-order valence-corrected chi connectivity index (χ2v) is 6.31. The molecule has 1 aromatic heterocycles. The fourth-order valence-electron chi connectivity index (χ4n) is 2.60. The Morgan fingerprint density at radius 3 is 2.79 bits per heavy atom. The Hall–Kier alpha value is -3.81. The van der Waals surface area contributed by atoms with E-state index in [1.165, 1.54) is 18.3 Å². The number of hydrogen-bond donors (Lipinski definition) is 4. The molecule has 0 spiro atoms. The summed E-state index contributed by atoms with van der Waals surface area (Å²) in [5.74, 6) is -1.36. The zero-order chi connectivity index (χ0) is 20.8. The number of hydrogen-bond acceptors (Lipinski definition) is 6. The molecule has 7 nitrogen and oxygen atoms in total. The maximum absolute atomic E-state index is 13.4. The van der Waals surface area contributed by atoms with Crippen LogP contribution in [-0.2, 0) is 4.79 Å². The minimum absolute atomic E-state index is 0.0644. The van der Waals surface area contributed by atoms with Crippen molar-refractivity contribution in [3.8, 4) is 11.5 Å². The van der Waals surface area contributed by atoms with Gasteiger partial charge in [0, 0.05) is 29.8 Å². The summed E-state index contributed by atoms with van der Waals surface area (Å²) in [4.78, 5) is 15.0. The summed E-state index contributed by atoms with van der Waals surface area (Å²) in [7, 11) is 0. The molecule has 0 radical (unpaired) electrons. The van der Waals surface area contributed by atoms with Gasteiger partial charge in [-0.3, -0.25) is 4.79 Å². The van der Waals surface area contributed by atoms with Crippen molar-refractivity contribution in [2.45, 2.75) is 12.8 Å². The van der Waals surface area contributed by atoms with E-state index >= 15 is 0 Å². The van der Waals surface area contributed by atoms with E-state index in [-0.39, 0.29) is 6.42 Å². The number of phenolic OH excluding ortho intramolecular Hbond substituents is 1. The lowest BCUT2D eigenvalue weighted by Gasteiger charge is -2.08. The van der Waals surface area contributed by atoms with Gasteiger partial charge in [-0.2, -0.15) is 0 Å². The Labute approximate surface area is 166 Å². The van der Waals surface area contributed by atoms with Crippen molar-refractivity contribution in [2.24, 2.45) is 5.73 Å². The number of anilines is 1. The largest absolute Gasteiger partial charge is 0.505 e. The van der Waals surface area contributed by atoms with E-state index in [4.69, 9.17) is 15.6 Å². The number of carboxylic acid groups (broad SMARTS) is 1. The second kappa shape index (κ2) is 8.92. The van der Waals surface area contributed by atoms with E-state index in [0.29, 0.717) is 41.4 Å². The molecule has 29 heavy (non-hydrogen) atoms. The number of halogens is 1. The number of benzene rings is 2. The zero-order valence-corrected chi connectivity index (χ0v) is 15.4. The third-order valence-corrected chi connectivity index (χ3v) is 4.10. The summed E-state index contributed by atoms with van der Waals surface area (Å²) in [6, 6.07) is 12.9. The van der Waals surface area contributed by atoms with E-state index in [1.54, 1.807) is 18.2 Å². The number of aromatic nitrogens is 1. The summed E-state index contributed by atoms with van der Waals surface area (Å²) in [5.41, 5.74) is 8.11. The second-order valence-electron chi connectivity index (χ2n) is 6.31. The molecule has 0 atom stereocenters. The molecule has 0 amide bonds. The molecule has 8 heteroatoms. The van der Waals surface area contributed by atoms with E-state index < -0.39 is 17.5 Å². The van der Waals surface area contributed by atoms with Crippen molar-refractivity contribution in [1.82, 2.24) is 4.98 Å². The van der Waals surface area contributed by atoms with Crippen LogP contribution in [0, 0.1) is 5.82 Å². The van der Waals surface area contributed by atoms with Crippen LogP contribution in [0.25, 0.3) is 16.6 Å². The monoisotopic (exact) mass is 397 g/mol. The van der Waals surface area contributed by atoms with Crippen molar-refractivity contribution < 1.29 is 24.1 Å². The summed E-state index contributed by atoms with van der Waals surface area (Å²) >= 11 is 0. The highest BCUT2D eigenvalue weighted by molar-refractivity contribution is 5.82. The molecule has 0 aliphatic rings. The molecule has 0 saturated heterocycles. The molecule has 3 rings (SSSR count). The first kappa shape index (κ1) is 19.9. The third kappa shape index (κ3) is 5.35. The number of carbonyl (C=O) groups is 1. The van der Waals surface area contributed by atoms with E-state index in [2.05, 4.69) is 10.3 Å². The third-order valence-electron chi connectivity index (χ3n) is 4.10. The Kier molecular flexibility index (Phi) is 6.13. The van der Waals surface area contributed by atoms with Gasteiger partial charge >= 0.3 is 5.97 Å². The van der Waals surface area contributed by atoms with Gasteiger partial charge in [0.15, 0.2) is 11.6 Å². The van der Waals surface area contributed by atoms with E-state index in [0.717, 1.165) is 11.5 Å². The Bertz CT molecular complexity index is 1070. The van der Waals surface area contributed by atoms with Crippen LogP contribution in [0.15, 0.2) is 54.7 Å². The number of carboxylic acids is 1. The smallest absolute Gasteiger partial charge is 0.303 e. The van der Waals surface area contributed by atoms with Gasteiger partial charge in [-0.05, 0) is 42.8 Å². The number of pyridine rings is 1. The van der Waals surface area contributed by atoms with Gasteiger partial charge in [-0.25, -0.2) is 9.37 Å². The van der Waals surface area contributed by atoms with Crippen molar-refractivity contribution in [3.05, 3.63) is 66.2 Å². The van der Waals surface area contributed by atoms with Crippen LogP contribution in [-0.4, -0.2) is 27.8 Å². The minimum Gasteiger partial charge on any atom is -0.505 e. The molecule has 1 heterocycles. The lowest BCUT2D eigenvalue weighted by Crippen LogP contribution is -2.03. The van der Waals surface area contributed by atoms with Crippen LogP contribution in [0.5, 0.6) is 11.5 Å². The molecule has 0 bridgehead atoms. The van der Waals surface area contributed by atoms with Crippen LogP contribution in [0.3, 0.4) is 0 Å². The number of nitrogens with zero attached hydrogens (tertiary/aromatic N) is 1. The fourth-order valence-corrected chi connectivity index (χ4v) is 2.60. The summed E-state index contributed by atoms with van der Waals surface area (Å²) in [6.45, 7) is 0.322. The number of rotatable bonds is 8. The first-order chi connectivity index (χ1) is 13.9. The maximum Gasteiger partial charge on any atom is 0.303 e. The lowest BCUT2D eigenvalue weighted by molar-refractivity contribution is -0.137. The molecule has 0 aliphatic heterocycles. The van der Waals surface area contributed by atoms with Crippen LogP contribution < -0.4 is 15.8 Å². The highest BCUT2D eigenvalue weighted by Gasteiger charge is 2.05. The number of nitrogens with two attached hydrogens (primary N) is 1. The van der Waals surface area contributed by atoms with Gasteiger partial charge in [0.05, 0.1) is 23.5 Å². The van der Waals surface area contributed by atoms with Crippen LogP contribution in [0.1, 0.15) is 18.5 Å². The zero-order valence-electron chi connectivity index (χ0n) is 15.4. The number of aromatic hydroxyl groups is 1. The number of ether oxygens (including phenoxy) is 1. The number of phenols is 1. The Morgan fingerprint density at radius 2 is 2.03 bits per heavy atom. The molecule has 5 N–H and O–H groups in total. The maximum atomic E-state index is 13.4. The first-order valence-corrected chi connectivity index (χ1v) is 8.89. The van der Waals surface area contributed by atoms with Crippen molar-refractivity contribution in [2.75, 3.05) is 11.9 Å². The van der Waals surface area contributed by atoms with Gasteiger partial charge < -0.3 is 26.0 Å². The molecule has 3 aromatic rings. The topological polar surface area (TPSA) is 118 Å². The average Bonchev–Trinajstić information content (AvgIpc) is 2.71. The van der Waals surface area contributed by atoms with Gasteiger partial charge in [0.2, 0.25) is 0 Å². The van der Waals surface area contributed by atoms with Crippen LogP contribution >= 0.6 is 0 Å². The van der Waals surface area contributed by atoms with Crippen molar-refractivity contribution in [1.29, 1.82) is 0 Å². The van der Waals surface area contributed by atoms with Crippen molar-refractivity contribution >= 4 is 28.3 Å². The first-order valence-electron chi connectivity index (χ1n) is 8.89. The van der Waals surface area contributed by atoms with Gasteiger partial charge in [0.1, 0.15) is 5.75 Å². The Morgan fingerprint density at radius 1 is 1.21 bits per heavy atom. The Balaban J connectivity index is 1.68. The summed E-state index contributed by atoms with van der Waals surface area (Å²) < 4.78 is 18.9. The number of aliphatic carboxylic acids is 1.